The smallest absolute Gasteiger partial charge is 0.0927 e. The number of nitrogens with one attached hydrogen (secondary N) is 1. The lowest BCUT2D eigenvalue weighted by atomic mass is 9.69. The van der Waals surface area contributed by atoms with E-state index >= 15 is 0 Å². The summed E-state index contributed by atoms with van der Waals surface area (Å²) in [4.78, 5) is 4.52. The largest absolute Gasteiger partial charge is 0.316 e. The lowest BCUT2D eigenvalue weighted by Gasteiger charge is -2.38. The van der Waals surface area contributed by atoms with Gasteiger partial charge in [0.2, 0.25) is 0 Å². The molecule has 1 fully saturated rings. The molecule has 21 heavy (non-hydrogen) atoms. The Bertz CT molecular complexity index is 384. The van der Waals surface area contributed by atoms with E-state index in [-0.39, 0.29) is 0 Å². The second-order valence-electron chi connectivity index (χ2n) is 7.52. The zero-order valence-corrected chi connectivity index (χ0v) is 15.0. The maximum atomic E-state index is 4.52. The summed E-state index contributed by atoms with van der Waals surface area (Å²) in [6, 6.07) is 0. The molecule has 120 valence electrons. The van der Waals surface area contributed by atoms with Gasteiger partial charge in [-0.1, -0.05) is 27.7 Å². The van der Waals surface area contributed by atoms with Crippen LogP contribution in [0.1, 0.15) is 52.0 Å². The highest BCUT2D eigenvalue weighted by molar-refractivity contribution is 7.09. The Hall–Kier alpha value is -0.410. The van der Waals surface area contributed by atoms with Gasteiger partial charge in [0.25, 0.3) is 0 Å². The van der Waals surface area contributed by atoms with E-state index in [1.807, 2.05) is 17.5 Å². The summed E-state index contributed by atoms with van der Waals surface area (Å²) in [5.41, 5.74) is 0. The number of rotatable bonds is 7. The van der Waals surface area contributed by atoms with Crippen LogP contribution in [-0.2, 0) is 6.42 Å². The van der Waals surface area contributed by atoms with Crippen LogP contribution in [-0.4, -0.2) is 18.1 Å². The maximum Gasteiger partial charge on any atom is 0.0927 e. The van der Waals surface area contributed by atoms with Gasteiger partial charge in [-0.2, -0.15) is 0 Å². The van der Waals surface area contributed by atoms with Crippen molar-refractivity contribution in [1.82, 2.24) is 10.3 Å². The topological polar surface area (TPSA) is 24.9 Å². The van der Waals surface area contributed by atoms with E-state index in [1.165, 1.54) is 37.2 Å². The number of aromatic nitrogens is 1. The fraction of sp³-hybridized carbons (Fsp3) is 0.833. The van der Waals surface area contributed by atoms with Gasteiger partial charge < -0.3 is 5.32 Å². The summed E-state index contributed by atoms with van der Waals surface area (Å²) in [6.07, 6.45) is 7.35. The molecule has 1 aromatic rings. The van der Waals surface area contributed by atoms with Gasteiger partial charge in [-0.3, -0.25) is 0 Å². The van der Waals surface area contributed by atoms with Gasteiger partial charge in [0, 0.05) is 18.0 Å². The van der Waals surface area contributed by atoms with Crippen molar-refractivity contribution in [2.45, 2.75) is 53.4 Å². The van der Waals surface area contributed by atoms with E-state index < -0.39 is 0 Å². The Balaban J connectivity index is 1.93. The first kappa shape index (κ1) is 17.0. The average Bonchev–Trinajstić information content (AvgIpc) is 2.92. The predicted molar refractivity (Wildman–Crippen MR) is 92.7 cm³/mol. The second kappa shape index (κ2) is 8.28. The van der Waals surface area contributed by atoms with Crippen molar-refractivity contribution in [2.24, 2.45) is 29.6 Å². The number of nitrogens with zero attached hydrogens (tertiary/aromatic N) is 1. The SMILES string of the molecule is CC(C)CNCC1CCC(C(C)C)CC1Cc1nccs1. The van der Waals surface area contributed by atoms with E-state index in [4.69, 9.17) is 0 Å². The molecule has 3 atom stereocenters. The molecule has 3 heteroatoms. The zero-order chi connectivity index (χ0) is 15.2. The normalized spacial score (nSPS) is 26.7. The number of thiazole rings is 1. The third-order valence-corrected chi connectivity index (χ3v) is 5.80. The summed E-state index contributed by atoms with van der Waals surface area (Å²) >= 11 is 1.83. The van der Waals surface area contributed by atoms with Crippen LogP contribution in [0.5, 0.6) is 0 Å². The van der Waals surface area contributed by atoms with Crippen LogP contribution in [0.15, 0.2) is 11.6 Å². The van der Waals surface area contributed by atoms with E-state index in [9.17, 15) is 0 Å². The molecular formula is C18H32N2S. The molecule has 0 spiro atoms. The highest BCUT2D eigenvalue weighted by Gasteiger charge is 2.32. The lowest BCUT2D eigenvalue weighted by Crippen LogP contribution is -2.36. The Labute approximate surface area is 134 Å². The molecule has 0 aromatic carbocycles. The summed E-state index contributed by atoms with van der Waals surface area (Å²) in [5, 5.41) is 7.14. The minimum atomic E-state index is 0.745. The van der Waals surface area contributed by atoms with Crippen molar-refractivity contribution in [1.29, 1.82) is 0 Å². The molecule has 0 saturated heterocycles. The Morgan fingerprint density at radius 2 is 2.05 bits per heavy atom. The van der Waals surface area contributed by atoms with E-state index in [2.05, 4.69) is 43.4 Å². The van der Waals surface area contributed by atoms with Gasteiger partial charge in [-0.05, 0) is 61.9 Å². The summed E-state index contributed by atoms with van der Waals surface area (Å²) in [6.45, 7) is 11.7. The summed E-state index contributed by atoms with van der Waals surface area (Å²) in [5.74, 6) is 4.14. The molecule has 1 aliphatic carbocycles. The minimum absolute atomic E-state index is 0.745. The van der Waals surface area contributed by atoms with Crippen molar-refractivity contribution < 1.29 is 0 Å². The fourth-order valence-electron chi connectivity index (χ4n) is 3.62. The molecule has 2 nitrogen and oxygen atoms in total. The molecule has 1 aliphatic rings. The molecule has 0 amide bonds. The minimum Gasteiger partial charge on any atom is -0.316 e. The van der Waals surface area contributed by atoms with Gasteiger partial charge in [0.1, 0.15) is 0 Å². The van der Waals surface area contributed by atoms with E-state index in [0.717, 1.165) is 36.1 Å². The molecule has 1 heterocycles. The Morgan fingerprint density at radius 1 is 1.24 bits per heavy atom. The number of hydrogen-bond donors (Lipinski definition) is 1. The molecule has 1 aromatic heterocycles. The third kappa shape index (κ3) is 5.37. The average molecular weight is 309 g/mol. The van der Waals surface area contributed by atoms with Crippen molar-refractivity contribution in [3.8, 4) is 0 Å². The van der Waals surface area contributed by atoms with E-state index in [1.54, 1.807) is 0 Å². The summed E-state index contributed by atoms with van der Waals surface area (Å²) < 4.78 is 0. The van der Waals surface area contributed by atoms with Gasteiger partial charge >= 0.3 is 0 Å². The van der Waals surface area contributed by atoms with Crippen LogP contribution in [0.3, 0.4) is 0 Å². The molecule has 1 N–H and O–H groups in total. The third-order valence-electron chi connectivity index (χ3n) is 5.00. The van der Waals surface area contributed by atoms with Crippen molar-refractivity contribution >= 4 is 11.3 Å². The Kier molecular flexibility index (Phi) is 6.69. The van der Waals surface area contributed by atoms with Crippen LogP contribution in [0.25, 0.3) is 0 Å². The predicted octanol–water partition coefficient (Wildman–Crippen LogP) is 4.62. The standard InChI is InChI=1S/C18H32N2S/c1-13(2)11-19-12-16-6-5-15(14(3)4)9-17(16)10-18-20-7-8-21-18/h7-8,13-17,19H,5-6,9-12H2,1-4H3. The van der Waals surface area contributed by atoms with Crippen LogP contribution in [0.4, 0.5) is 0 Å². The highest BCUT2D eigenvalue weighted by atomic mass is 32.1. The van der Waals surface area contributed by atoms with Gasteiger partial charge in [0.15, 0.2) is 0 Å². The first-order valence-electron chi connectivity index (χ1n) is 8.65. The first-order chi connectivity index (χ1) is 10.1. The van der Waals surface area contributed by atoms with Crippen LogP contribution >= 0.6 is 11.3 Å². The molecule has 0 radical (unpaired) electrons. The monoisotopic (exact) mass is 308 g/mol. The molecule has 2 rings (SSSR count). The lowest BCUT2D eigenvalue weighted by molar-refractivity contribution is 0.144. The molecule has 0 aliphatic heterocycles. The molecule has 1 saturated carbocycles. The fourth-order valence-corrected chi connectivity index (χ4v) is 4.33. The number of hydrogen-bond acceptors (Lipinski definition) is 3. The van der Waals surface area contributed by atoms with E-state index in [0.29, 0.717) is 0 Å². The second-order valence-corrected chi connectivity index (χ2v) is 8.50. The van der Waals surface area contributed by atoms with Gasteiger partial charge in [0.05, 0.1) is 5.01 Å². The quantitative estimate of drug-likeness (QED) is 0.795. The zero-order valence-electron chi connectivity index (χ0n) is 14.1. The van der Waals surface area contributed by atoms with Crippen molar-refractivity contribution in [3.05, 3.63) is 16.6 Å². The van der Waals surface area contributed by atoms with Crippen molar-refractivity contribution in [3.63, 3.8) is 0 Å². The Morgan fingerprint density at radius 3 is 2.67 bits per heavy atom. The van der Waals surface area contributed by atoms with Crippen molar-refractivity contribution in [2.75, 3.05) is 13.1 Å². The first-order valence-corrected chi connectivity index (χ1v) is 9.53. The summed E-state index contributed by atoms with van der Waals surface area (Å²) in [7, 11) is 0. The maximum absolute atomic E-state index is 4.52. The molecule has 0 bridgehead atoms. The highest BCUT2D eigenvalue weighted by Crippen LogP contribution is 2.39. The molecular weight excluding hydrogens is 276 g/mol. The molecule has 3 unspecified atom stereocenters. The van der Waals surface area contributed by atoms with Gasteiger partial charge in [-0.15, -0.1) is 11.3 Å². The van der Waals surface area contributed by atoms with Gasteiger partial charge in [-0.25, -0.2) is 4.98 Å². The van der Waals surface area contributed by atoms with Crippen LogP contribution in [0.2, 0.25) is 0 Å². The van der Waals surface area contributed by atoms with Crippen LogP contribution < -0.4 is 5.32 Å². The van der Waals surface area contributed by atoms with Crippen LogP contribution in [0, 0.1) is 29.6 Å².